The smallest absolute Gasteiger partial charge is 0.0301 e. The lowest BCUT2D eigenvalue weighted by atomic mass is 9.89. The summed E-state index contributed by atoms with van der Waals surface area (Å²) >= 11 is 3.88. The van der Waals surface area contributed by atoms with Crippen LogP contribution in [-0.4, -0.2) is 28.9 Å². The molecule has 2 heteroatoms. The molecule has 0 aromatic rings. The Labute approximate surface area is 103 Å². The van der Waals surface area contributed by atoms with Crippen LogP contribution in [-0.2, 0) is 0 Å². The lowest BCUT2D eigenvalue weighted by Gasteiger charge is -2.41. The average Bonchev–Trinajstić information content (AvgIpc) is 2.30. The van der Waals surface area contributed by atoms with Gasteiger partial charge in [0, 0.05) is 16.9 Å². The van der Waals surface area contributed by atoms with Crippen molar-refractivity contribution in [3.8, 4) is 0 Å². The van der Waals surface area contributed by atoms with E-state index < -0.39 is 0 Å². The van der Waals surface area contributed by atoms with Crippen molar-refractivity contribution in [3.05, 3.63) is 0 Å². The predicted molar refractivity (Wildman–Crippen MR) is 69.6 cm³/mol. The summed E-state index contributed by atoms with van der Waals surface area (Å²) in [4.78, 5) is 3.44. The lowest BCUT2D eigenvalue weighted by molar-refractivity contribution is 0.116. The number of halogens is 1. The zero-order chi connectivity index (χ0) is 10.7. The van der Waals surface area contributed by atoms with E-state index in [4.69, 9.17) is 0 Å². The first-order valence-corrected chi connectivity index (χ1v) is 7.56. The minimum absolute atomic E-state index is 0.748. The van der Waals surface area contributed by atoms with Gasteiger partial charge in [-0.25, -0.2) is 0 Å². The Hall–Kier alpha value is 0.440. The Kier molecular flexibility index (Phi) is 4.51. The molecule has 2 rings (SSSR count). The first-order chi connectivity index (χ1) is 7.29. The molecule has 2 atom stereocenters. The van der Waals surface area contributed by atoms with Gasteiger partial charge in [0.25, 0.3) is 0 Å². The fourth-order valence-electron chi connectivity index (χ4n) is 3.28. The molecular formula is C13H24BrN. The summed E-state index contributed by atoms with van der Waals surface area (Å²) < 4.78 is 0. The molecule has 0 N–H and O–H groups in total. The molecule has 0 radical (unpaired) electrons. The molecule has 0 saturated heterocycles. The van der Waals surface area contributed by atoms with Gasteiger partial charge in [-0.3, -0.25) is 4.90 Å². The van der Waals surface area contributed by atoms with Crippen molar-refractivity contribution < 1.29 is 0 Å². The van der Waals surface area contributed by atoms with Gasteiger partial charge >= 0.3 is 0 Å². The van der Waals surface area contributed by atoms with Crippen molar-refractivity contribution in [3.63, 3.8) is 0 Å². The van der Waals surface area contributed by atoms with Gasteiger partial charge in [-0.2, -0.15) is 0 Å². The Morgan fingerprint density at radius 2 is 1.47 bits per heavy atom. The fraction of sp³-hybridized carbons (Fsp3) is 1.00. The Morgan fingerprint density at radius 1 is 0.867 bits per heavy atom. The molecule has 0 aromatic heterocycles. The fourth-order valence-corrected chi connectivity index (χ4v) is 4.24. The van der Waals surface area contributed by atoms with Gasteiger partial charge in [-0.05, 0) is 32.7 Å². The van der Waals surface area contributed by atoms with Gasteiger partial charge in [0.1, 0.15) is 0 Å². The minimum Gasteiger partial charge on any atom is -0.299 e. The van der Waals surface area contributed by atoms with Crippen LogP contribution in [0.25, 0.3) is 0 Å². The Balaban J connectivity index is 1.89. The highest BCUT2D eigenvalue weighted by Crippen LogP contribution is 2.32. The van der Waals surface area contributed by atoms with Gasteiger partial charge in [0.05, 0.1) is 0 Å². The van der Waals surface area contributed by atoms with Crippen LogP contribution >= 0.6 is 15.9 Å². The monoisotopic (exact) mass is 273 g/mol. The van der Waals surface area contributed by atoms with Crippen molar-refractivity contribution in [2.45, 2.75) is 74.7 Å². The summed E-state index contributed by atoms with van der Waals surface area (Å²) in [5.74, 6) is 0. The second kappa shape index (κ2) is 5.67. The van der Waals surface area contributed by atoms with Crippen LogP contribution in [0.4, 0.5) is 0 Å². The van der Waals surface area contributed by atoms with Gasteiger partial charge in [0.2, 0.25) is 0 Å². The molecule has 2 aliphatic rings. The van der Waals surface area contributed by atoms with Crippen molar-refractivity contribution >= 4 is 15.9 Å². The van der Waals surface area contributed by atoms with E-state index in [-0.39, 0.29) is 0 Å². The van der Waals surface area contributed by atoms with Crippen molar-refractivity contribution in [2.75, 3.05) is 7.05 Å². The zero-order valence-corrected chi connectivity index (χ0v) is 11.5. The highest BCUT2D eigenvalue weighted by molar-refractivity contribution is 9.09. The molecule has 0 aliphatic heterocycles. The lowest BCUT2D eigenvalue weighted by Crippen LogP contribution is -2.46. The Morgan fingerprint density at radius 3 is 2.13 bits per heavy atom. The quantitative estimate of drug-likeness (QED) is 0.689. The molecule has 2 aliphatic carbocycles. The first-order valence-electron chi connectivity index (χ1n) is 6.65. The number of nitrogens with zero attached hydrogens (tertiary/aromatic N) is 1. The maximum Gasteiger partial charge on any atom is 0.0301 e. The predicted octanol–water partition coefficient (Wildman–Crippen LogP) is 3.96. The van der Waals surface area contributed by atoms with E-state index in [1.165, 1.54) is 57.8 Å². The van der Waals surface area contributed by atoms with Gasteiger partial charge in [-0.1, -0.05) is 48.0 Å². The molecule has 1 nitrogen and oxygen atoms in total. The van der Waals surface area contributed by atoms with E-state index in [0.29, 0.717) is 0 Å². The zero-order valence-electron chi connectivity index (χ0n) is 9.92. The third kappa shape index (κ3) is 2.97. The normalized spacial score (nSPS) is 34.6. The number of alkyl halides is 1. The number of hydrogen-bond donors (Lipinski definition) is 0. The van der Waals surface area contributed by atoms with Crippen LogP contribution in [0.3, 0.4) is 0 Å². The van der Waals surface area contributed by atoms with Gasteiger partial charge in [0.15, 0.2) is 0 Å². The number of rotatable bonds is 2. The molecule has 2 saturated carbocycles. The minimum atomic E-state index is 0.748. The molecule has 0 spiro atoms. The average molecular weight is 274 g/mol. The van der Waals surface area contributed by atoms with Crippen molar-refractivity contribution in [1.29, 1.82) is 0 Å². The second-order valence-electron chi connectivity index (χ2n) is 5.33. The number of hydrogen-bond acceptors (Lipinski definition) is 1. The first kappa shape index (κ1) is 11.9. The molecular weight excluding hydrogens is 250 g/mol. The van der Waals surface area contributed by atoms with Crippen LogP contribution in [0, 0.1) is 0 Å². The summed E-state index contributed by atoms with van der Waals surface area (Å²) in [5.41, 5.74) is 0. The van der Waals surface area contributed by atoms with Crippen LogP contribution in [0.5, 0.6) is 0 Å². The summed E-state index contributed by atoms with van der Waals surface area (Å²) in [6, 6.07) is 1.68. The summed E-state index contributed by atoms with van der Waals surface area (Å²) in [6.07, 6.45) is 12.9. The van der Waals surface area contributed by atoms with E-state index in [1.807, 2.05) is 0 Å². The van der Waals surface area contributed by atoms with Crippen LogP contribution in [0.1, 0.15) is 57.8 Å². The van der Waals surface area contributed by atoms with Crippen LogP contribution in [0.2, 0.25) is 0 Å². The molecule has 0 heterocycles. The van der Waals surface area contributed by atoms with Crippen LogP contribution in [0.15, 0.2) is 0 Å². The molecule has 2 fully saturated rings. The van der Waals surface area contributed by atoms with E-state index in [2.05, 4.69) is 27.9 Å². The topological polar surface area (TPSA) is 3.24 Å². The van der Waals surface area contributed by atoms with Crippen molar-refractivity contribution in [1.82, 2.24) is 4.90 Å². The second-order valence-corrected chi connectivity index (χ2v) is 6.50. The molecule has 2 unspecified atom stereocenters. The molecule has 0 amide bonds. The third-order valence-electron chi connectivity index (χ3n) is 4.32. The van der Waals surface area contributed by atoms with Crippen molar-refractivity contribution in [2.24, 2.45) is 0 Å². The van der Waals surface area contributed by atoms with Crippen LogP contribution < -0.4 is 0 Å². The van der Waals surface area contributed by atoms with Gasteiger partial charge < -0.3 is 0 Å². The highest BCUT2D eigenvalue weighted by atomic mass is 79.9. The molecule has 0 bridgehead atoms. The van der Waals surface area contributed by atoms with E-state index >= 15 is 0 Å². The third-order valence-corrected chi connectivity index (χ3v) is 5.39. The standard InChI is InChI=1S/C13H24BrN/c1-15(11-7-3-2-4-8-11)13-10-6-5-9-12(13)14/h11-13H,2-10H2,1H3. The van der Waals surface area contributed by atoms with E-state index in [9.17, 15) is 0 Å². The summed E-state index contributed by atoms with van der Waals surface area (Å²) in [6.45, 7) is 0. The highest BCUT2D eigenvalue weighted by Gasteiger charge is 2.30. The SMILES string of the molecule is CN(C1CCCCC1)C1CCCCC1Br. The maximum atomic E-state index is 3.88. The van der Waals surface area contributed by atoms with Gasteiger partial charge in [-0.15, -0.1) is 0 Å². The Bertz CT molecular complexity index is 189. The summed E-state index contributed by atoms with van der Waals surface area (Å²) in [5, 5.41) is 0. The summed E-state index contributed by atoms with van der Waals surface area (Å²) in [7, 11) is 2.36. The van der Waals surface area contributed by atoms with E-state index in [0.717, 1.165) is 16.9 Å². The molecule has 0 aromatic carbocycles. The van der Waals surface area contributed by atoms with E-state index in [1.54, 1.807) is 0 Å². The largest absolute Gasteiger partial charge is 0.299 e. The molecule has 15 heavy (non-hydrogen) atoms. The molecule has 88 valence electrons. The maximum absolute atomic E-state index is 3.88.